The van der Waals surface area contributed by atoms with Gasteiger partial charge in [-0.2, -0.15) is 0 Å². The van der Waals surface area contributed by atoms with E-state index in [1.807, 2.05) is 6.92 Å². The van der Waals surface area contributed by atoms with E-state index in [2.05, 4.69) is 15.9 Å². The zero-order valence-corrected chi connectivity index (χ0v) is 11.7. The van der Waals surface area contributed by atoms with Crippen LogP contribution in [0.1, 0.15) is 37.4 Å². The molecule has 2 N–H and O–H groups in total. The van der Waals surface area contributed by atoms with Crippen LogP contribution in [0, 0.1) is 6.92 Å². The maximum absolute atomic E-state index is 12.5. The van der Waals surface area contributed by atoms with Crippen LogP contribution in [0.15, 0.2) is 34.8 Å². The van der Waals surface area contributed by atoms with Crippen LogP contribution in [0.2, 0.25) is 0 Å². The molecule has 2 aromatic carbocycles. The van der Waals surface area contributed by atoms with Crippen molar-refractivity contribution in [3.8, 4) is 0 Å². The minimum Gasteiger partial charge on any atom is -0.398 e. The standard InChI is InChI=1S/C15H10BrNO2/c1-7-6-10(17)11-12(13(7)16)15(19)9-5-3-2-4-8(9)14(11)18/h2-6H,17H2,1H3. The smallest absolute Gasteiger partial charge is 0.196 e. The molecule has 4 heteroatoms. The van der Waals surface area contributed by atoms with Crippen LogP contribution in [-0.4, -0.2) is 11.6 Å². The lowest BCUT2D eigenvalue weighted by atomic mass is 9.82. The van der Waals surface area contributed by atoms with Gasteiger partial charge in [0.1, 0.15) is 0 Å². The molecule has 0 saturated carbocycles. The van der Waals surface area contributed by atoms with E-state index in [9.17, 15) is 9.59 Å². The van der Waals surface area contributed by atoms with Crippen molar-refractivity contribution >= 4 is 33.2 Å². The van der Waals surface area contributed by atoms with E-state index in [-0.39, 0.29) is 11.6 Å². The third kappa shape index (κ3) is 1.56. The Morgan fingerprint density at radius 3 is 2.11 bits per heavy atom. The quantitative estimate of drug-likeness (QED) is 0.648. The van der Waals surface area contributed by atoms with Crippen LogP contribution in [-0.2, 0) is 0 Å². The van der Waals surface area contributed by atoms with Crippen molar-refractivity contribution in [3.63, 3.8) is 0 Å². The summed E-state index contributed by atoms with van der Waals surface area (Å²) in [6, 6.07) is 8.54. The molecule has 0 atom stereocenters. The van der Waals surface area contributed by atoms with Gasteiger partial charge in [0.15, 0.2) is 11.6 Å². The molecule has 0 bridgehead atoms. The highest BCUT2D eigenvalue weighted by molar-refractivity contribution is 9.10. The Morgan fingerprint density at radius 2 is 1.53 bits per heavy atom. The van der Waals surface area contributed by atoms with Crippen LogP contribution in [0.25, 0.3) is 0 Å². The lowest BCUT2D eigenvalue weighted by Crippen LogP contribution is -2.23. The zero-order valence-electron chi connectivity index (χ0n) is 10.2. The molecule has 0 aliphatic heterocycles. The van der Waals surface area contributed by atoms with Crippen molar-refractivity contribution in [2.45, 2.75) is 6.92 Å². The summed E-state index contributed by atoms with van der Waals surface area (Å²) in [7, 11) is 0. The monoisotopic (exact) mass is 315 g/mol. The molecule has 3 rings (SSSR count). The fourth-order valence-corrected chi connectivity index (χ4v) is 2.92. The van der Waals surface area contributed by atoms with Crippen molar-refractivity contribution in [3.05, 3.63) is 62.6 Å². The number of anilines is 1. The van der Waals surface area contributed by atoms with E-state index in [1.54, 1.807) is 30.3 Å². The Labute approximate surface area is 118 Å². The van der Waals surface area contributed by atoms with Crippen LogP contribution in [0.4, 0.5) is 5.69 Å². The number of nitrogens with two attached hydrogens (primary N) is 1. The molecule has 1 aliphatic carbocycles. The zero-order chi connectivity index (χ0) is 13.7. The third-order valence-electron chi connectivity index (χ3n) is 3.35. The summed E-state index contributed by atoms with van der Waals surface area (Å²) in [5.41, 5.74) is 8.66. The van der Waals surface area contributed by atoms with Crippen molar-refractivity contribution in [1.29, 1.82) is 0 Å². The molecule has 0 spiro atoms. The molecular formula is C15H10BrNO2. The molecule has 3 nitrogen and oxygen atoms in total. The predicted octanol–water partition coefficient (Wildman–Crippen LogP) is 3.12. The van der Waals surface area contributed by atoms with E-state index >= 15 is 0 Å². The number of aryl methyl sites for hydroxylation is 1. The summed E-state index contributed by atoms with van der Waals surface area (Å²) in [5, 5.41) is 0. The van der Waals surface area contributed by atoms with Crippen molar-refractivity contribution in [1.82, 2.24) is 0 Å². The molecule has 2 aromatic rings. The molecular weight excluding hydrogens is 306 g/mol. The molecule has 94 valence electrons. The topological polar surface area (TPSA) is 60.2 Å². The van der Waals surface area contributed by atoms with Gasteiger partial charge in [0.05, 0.1) is 11.1 Å². The van der Waals surface area contributed by atoms with Gasteiger partial charge in [-0.25, -0.2) is 0 Å². The molecule has 0 saturated heterocycles. The first-order valence-electron chi connectivity index (χ1n) is 5.79. The van der Waals surface area contributed by atoms with Gasteiger partial charge in [0.25, 0.3) is 0 Å². The van der Waals surface area contributed by atoms with Crippen molar-refractivity contribution in [2.24, 2.45) is 0 Å². The van der Waals surface area contributed by atoms with Gasteiger partial charge in [-0.15, -0.1) is 0 Å². The molecule has 0 amide bonds. The molecule has 0 heterocycles. The molecule has 0 aromatic heterocycles. The number of carbonyl (C=O) groups is 2. The van der Waals surface area contributed by atoms with E-state index in [1.165, 1.54) is 0 Å². The molecule has 19 heavy (non-hydrogen) atoms. The van der Waals surface area contributed by atoms with Crippen LogP contribution < -0.4 is 5.73 Å². The lowest BCUT2D eigenvalue weighted by molar-refractivity contribution is 0.0979. The van der Waals surface area contributed by atoms with Crippen LogP contribution >= 0.6 is 15.9 Å². The number of hydrogen-bond donors (Lipinski definition) is 1. The first-order valence-corrected chi connectivity index (χ1v) is 6.58. The van der Waals surface area contributed by atoms with Gasteiger partial charge >= 0.3 is 0 Å². The maximum Gasteiger partial charge on any atom is 0.196 e. The van der Waals surface area contributed by atoms with Crippen molar-refractivity contribution < 1.29 is 9.59 Å². The average Bonchev–Trinajstić information content (AvgIpc) is 2.40. The van der Waals surface area contributed by atoms with Gasteiger partial charge in [-0.1, -0.05) is 24.3 Å². The minimum atomic E-state index is -0.191. The highest BCUT2D eigenvalue weighted by Gasteiger charge is 2.33. The fourth-order valence-electron chi connectivity index (χ4n) is 2.43. The van der Waals surface area contributed by atoms with Gasteiger partial charge in [0.2, 0.25) is 0 Å². The van der Waals surface area contributed by atoms with Crippen LogP contribution in [0.5, 0.6) is 0 Å². The van der Waals surface area contributed by atoms with Gasteiger partial charge in [0, 0.05) is 21.3 Å². The second kappa shape index (κ2) is 4.03. The Kier molecular flexibility index (Phi) is 2.57. The second-order valence-electron chi connectivity index (χ2n) is 4.55. The lowest BCUT2D eigenvalue weighted by Gasteiger charge is -2.21. The number of ketones is 2. The van der Waals surface area contributed by atoms with Gasteiger partial charge < -0.3 is 5.73 Å². The van der Waals surface area contributed by atoms with Crippen LogP contribution in [0.3, 0.4) is 0 Å². The third-order valence-corrected chi connectivity index (χ3v) is 4.37. The number of nitrogen functional groups attached to an aromatic ring is 1. The molecule has 1 aliphatic rings. The fraction of sp³-hybridized carbons (Fsp3) is 0.0667. The molecule has 0 unspecified atom stereocenters. The largest absolute Gasteiger partial charge is 0.398 e. The van der Waals surface area contributed by atoms with Gasteiger partial charge in [-0.05, 0) is 34.5 Å². The second-order valence-corrected chi connectivity index (χ2v) is 5.34. The Morgan fingerprint density at radius 1 is 1.00 bits per heavy atom. The van der Waals surface area contributed by atoms with E-state index < -0.39 is 0 Å². The molecule has 0 radical (unpaired) electrons. The Hall–Kier alpha value is -1.94. The summed E-state index contributed by atoms with van der Waals surface area (Å²) < 4.78 is 0.643. The summed E-state index contributed by atoms with van der Waals surface area (Å²) >= 11 is 3.39. The van der Waals surface area contributed by atoms with E-state index in [0.29, 0.717) is 32.4 Å². The summed E-state index contributed by atoms with van der Waals surface area (Å²) in [6.07, 6.45) is 0. The van der Waals surface area contributed by atoms with E-state index in [0.717, 1.165) is 5.56 Å². The first-order chi connectivity index (χ1) is 9.02. The number of hydrogen-bond acceptors (Lipinski definition) is 3. The number of carbonyl (C=O) groups excluding carboxylic acids is 2. The average molecular weight is 316 g/mol. The summed E-state index contributed by atoms with van der Waals surface area (Å²) in [6.45, 7) is 1.85. The highest BCUT2D eigenvalue weighted by Crippen LogP contribution is 2.36. The highest BCUT2D eigenvalue weighted by atomic mass is 79.9. The summed E-state index contributed by atoms with van der Waals surface area (Å²) in [5.74, 6) is -0.351. The Bertz CT molecular complexity index is 750. The minimum absolute atomic E-state index is 0.160. The van der Waals surface area contributed by atoms with Gasteiger partial charge in [-0.3, -0.25) is 9.59 Å². The SMILES string of the molecule is Cc1cc(N)c2c(c1Br)C(=O)c1ccccc1C2=O. The number of benzene rings is 2. The summed E-state index contributed by atoms with van der Waals surface area (Å²) in [4.78, 5) is 25.0. The maximum atomic E-state index is 12.5. The van der Waals surface area contributed by atoms with E-state index in [4.69, 9.17) is 5.73 Å². The first kappa shape index (κ1) is 12.1. The number of rotatable bonds is 0. The molecule has 0 fully saturated rings. The number of halogens is 1. The Balaban J connectivity index is 2.43. The van der Waals surface area contributed by atoms with Crippen molar-refractivity contribution in [2.75, 3.05) is 5.73 Å². The predicted molar refractivity (Wildman–Crippen MR) is 76.6 cm³/mol. The number of fused-ring (bicyclic) bond motifs is 2. The normalized spacial score (nSPS) is 13.2.